The third-order valence-electron chi connectivity index (χ3n) is 7.03. The van der Waals surface area contributed by atoms with Crippen LogP contribution in [0.25, 0.3) is 11.4 Å². The van der Waals surface area contributed by atoms with Crippen LogP contribution in [-0.2, 0) is 14.8 Å². The Morgan fingerprint density at radius 3 is 2.20 bits per heavy atom. The molecular weight excluding hydrogens is 464 g/mol. The van der Waals surface area contributed by atoms with Crippen molar-refractivity contribution in [1.29, 1.82) is 0 Å². The molecule has 9 heteroatoms. The molecule has 0 saturated carbocycles. The minimum atomic E-state index is -3.55. The van der Waals surface area contributed by atoms with Crippen LogP contribution in [0.5, 0.6) is 0 Å². The van der Waals surface area contributed by atoms with Gasteiger partial charge in [0.2, 0.25) is 27.6 Å². The van der Waals surface area contributed by atoms with Crippen LogP contribution in [0, 0.1) is 19.8 Å². The summed E-state index contributed by atoms with van der Waals surface area (Å²) in [5, 5.41) is 4.14. The molecule has 0 bridgehead atoms. The minimum absolute atomic E-state index is 0.0509. The van der Waals surface area contributed by atoms with E-state index in [2.05, 4.69) is 10.1 Å². The van der Waals surface area contributed by atoms with Crippen molar-refractivity contribution in [2.24, 2.45) is 5.92 Å². The molecule has 184 valence electrons. The van der Waals surface area contributed by atoms with Gasteiger partial charge in [-0.15, -0.1) is 0 Å². The predicted molar refractivity (Wildman–Crippen MR) is 131 cm³/mol. The van der Waals surface area contributed by atoms with Crippen molar-refractivity contribution in [2.75, 3.05) is 19.6 Å². The van der Waals surface area contributed by atoms with Crippen molar-refractivity contribution >= 4 is 15.9 Å². The molecule has 3 heterocycles. The summed E-state index contributed by atoms with van der Waals surface area (Å²) in [6.07, 6.45) is 2.67. The minimum Gasteiger partial charge on any atom is -0.337 e. The number of aromatic nitrogens is 2. The van der Waals surface area contributed by atoms with Gasteiger partial charge in [-0.3, -0.25) is 4.79 Å². The lowest BCUT2D eigenvalue weighted by atomic mass is 9.96. The lowest BCUT2D eigenvalue weighted by Gasteiger charge is -2.33. The number of nitrogens with zero attached hydrogens (tertiary/aromatic N) is 4. The highest BCUT2D eigenvalue weighted by Crippen LogP contribution is 2.35. The van der Waals surface area contributed by atoms with Crippen molar-refractivity contribution in [3.05, 3.63) is 65.5 Å². The SMILES string of the molecule is Cc1ccc(-c2noc([C@H]3CCCN3C(=O)C3CCN(S(=O)(=O)c4ccc(C)cc4)CC3)n2)cc1. The summed E-state index contributed by atoms with van der Waals surface area (Å²) in [4.78, 5) is 20.2. The Balaban J connectivity index is 1.24. The number of sulfonamides is 1. The first-order valence-electron chi connectivity index (χ1n) is 12.1. The van der Waals surface area contributed by atoms with Gasteiger partial charge in [0.25, 0.3) is 0 Å². The molecule has 0 spiro atoms. The van der Waals surface area contributed by atoms with E-state index in [-0.39, 0.29) is 17.9 Å². The van der Waals surface area contributed by atoms with E-state index in [4.69, 9.17) is 4.52 Å². The van der Waals surface area contributed by atoms with Crippen LogP contribution < -0.4 is 0 Å². The van der Waals surface area contributed by atoms with Gasteiger partial charge in [-0.05, 0) is 51.7 Å². The Morgan fingerprint density at radius 1 is 0.914 bits per heavy atom. The number of rotatable bonds is 5. The van der Waals surface area contributed by atoms with Crippen molar-refractivity contribution in [2.45, 2.75) is 50.5 Å². The number of hydrogen-bond acceptors (Lipinski definition) is 6. The van der Waals surface area contributed by atoms with Crippen molar-refractivity contribution in [1.82, 2.24) is 19.3 Å². The summed E-state index contributed by atoms with van der Waals surface area (Å²) >= 11 is 0. The lowest BCUT2D eigenvalue weighted by molar-refractivity contribution is -0.138. The molecule has 1 atom stereocenters. The Labute approximate surface area is 206 Å². The Kier molecular flexibility index (Phi) is 6.46. The molecule has 0 aliphatic carbocycles. The van der Waals surface area contributed by atoms with E-state index in [1.165, 1.54) is 4.31 Å². The molecule has 0 N–H and O–H groups in total. The molecule has 0 unspecified atom stereocenters. The van der Waals surface area contributed by atoms with E-state index < -0.39 is 10.0 Å². The number of piperidine rings is 1. The molecule has 8 nitrogen and oxygen atoms in total. The summed E-state index contributed by atoms with van der Waals surface area (Å²) in [6, 6.07) is 14.6. The first kappa shape index (κ1) is 23.7. The second-order valence-corrected chi connectivity index (χ2v) is 11.4. The third kappa shape index (κ3) is 4.75. The van der Waals surface area contributed by atoms with Gasteiger partial charge in [0, 0.05) is 31.1 Å². The number of benzene rings is 2. The van der Waals surface area contributed by atoms with Gasteiger partial charge < -0.3 is 9.42 Å². The maximum absolute atomic E-state index is 13.4. The van der Waals surface area contributed by atoms with Crippen LogP contribution in [0.1, 0.15) is 48.7 Å². The molecule has 5 rings (SSSR count). The number of amides is 1. The third-order valence-corrected chi connectivity index (χ3v) is 8.95. The highest BCUT2D eigenvalue weighted by molar-refractivity contribution is 7.89. The molecular formula is C26H30N4O4S. The van der Waals surface area contributed by atoms with Gasteiger partial charge >= 0.3 is 0 Å². The van der Waals surface area contributed by atoms with E-state index in [1.807, 2.05) is 43.0 Å². The summed E-state index contributed by atoms with van der Waals surface area (Å²) in [6.45, 7) is 5.27. The smallest absolute Gasteiger partial charge is 0.249 e. The highest BCUT2D eigenvalue weighted by atomic mass is 32.2. The van der Waals surface area contributed by atoms with E-state index in [0.29, 0.717) is 49.1 Å². The van der Waals surface area contributed by atoms with Crippen LogP contribution in [-0.4, -0.2) is 53.3 Å². The van der Waals surface area contributed by atoms with Crippen LogP contribution in [0.3, 0.4) is 0 Å². The molecule has 2 aliphatic heterocycles. The van der Waals surface area contributed by atoms with Crippen LogP contribution in [0.2, 0.25) is 0 Å². The monoisotopic (exact) mass is 494 g/mol. The fraction of sp³-hybridized carbons (Fsp3) is 0.423. The first-order valence-corrected chi connectivity index (χ1v) is 13.5. The van der Waals surface area contributed by atoms with Gasteiger partial charge in [0.15, 0.2) is 0 Å². The van der Waals surface area contributed by atoms with Crippen molar-refractivity contribution in [3.63, 3.8) is 0 Å². The van der Waals surface area contributed by atoms with Gasteiger partial charge in [-0.25, -0.2) is 8.42 Å². The fourth-order valence-corrected chi connectivity index (χ4v) is 6.38. The van der Waals surface area contributed by atoms with Crippen molar-refractivity contribution in [3.8, 4) is 11.4 Å². The molecule has 2 fully saturated rings. The largest absolute Gasteiger partial charge is 0.337 e. The number of carbonyl (C=O) groups excluding carboxylic acids is 1. The molecule has 2 saturated heterocycles. The van der Waals surface area contributed by atoms with E-state index >= 15 is 0 Å². The lowest BCUT2D eigenvalue weighted by Crippen LogP contribution is -2.44. The van der Waals surface area contributed by atoms with Gasteiger partial charge in [0.1, 0.15) is 6.04 Å². The summed E-state index contributed by atoms with van der Waals surface area (Å²) in [7, 11) is -3.55. The number of aryl methyl sites for hydroxylation is 2. The van der Waals surface area contributed by atoms with E-state index in [1.54, 1.807) is 24.3 Å². The molecule has 0 radical (unpaired) electrons. The molecule has 1 amide bonds. The van der Waals surface area contributed by atoms with E-state index in [0.717, 1.165) is 29.5 Å². The second kappa shape index (κ2) is 9.54. The van der Waals surface area contributed by atoms with Crippen molar-refractivity contribution < 1.29 is 17.7 Å². The number of carbonyl (C=O) groups is 1. The topological polar surface area (TPSA) is 96.6 Å². The van der Waals surface area contributed by atoms with Crippen LogP contribution in [0.15, 0.2) is 57.9 Å². The Morgan fingerprint density at radius 2 is 1.54 bits per heavy atom. The maximum atomic E-state index is 13.4. The fourth-order valence-electron chi connectivity index (χ4n) is 4.91. The molecule has 2 aromatic carbocycles. The summed E-state index contributed by atoms with van der Waals surface area (Å²) < 4.78 is 33.1. The number of hydrogen-bond donors (Lipinski definition) is 0. The summed E-state index contributed by atoms with van der Waals surface area (Å²) in [5.74, 6) is 0.828. The average Bonchev–Trinajstić information content (AvgIpc) is 3.54. The molecule has 35 heavy (non-hydrogen) atoms. The van der Waals surface area contributed by atoms with Crippen LogP contribution >= 0.6 is 0 Å². The maximum Gasteiger partial charge on any atom is 0.249 e. The zero-order chi connectivity index (χ0) is 24.6. The first-order chi connectivity index (χ1) is 16.8. The highest BCUT2D eigenvalue weighted by Gasteiger charge is 2.39. The second-order valence-electron chi connectivity index (χ2n) is 9.50. The molecule has 1 aromatic heterocycles. The number of likely N-dealkylation sites (tertiary alicyclic amines) is 1. The van der Waals surface area contributed by atoms with Gasteiger partial charge in [-0.1, -0.05) is 52.7 Å². The Bertz CT molecular complexity index is 1290. The quantitative estimate of drug-likeness (QED) is 0.529. The van der Waals surface area contributed by atoms with Gasteiger partial charge in [0.05, 0.1) is 4.90 Å². The Hall–Kier alpha value is -3.04. The summed E-state index contributed by atoms with van der Waals surface area (Å²) in [5.41, 5.74) is 3.05. The molecule has 2 aliphatic rings. The average molecular weight is 495 g/mol. The zero-order valence-corrected chi connectivity index (χ0v) is 20.9. The van der Waals surface area contributed by atoms with Crippen LogP contribution in [0.4, 0.5) is 0 Å². The zero-order valence-electron chi connectivity index (χ0n) is 20.1. The van der Waals surface area contributed by atoms with E-state index in [9.17, 15) is 13.2 Å². The van der Waals surface area contributed by atoms with Gasteiger partial charge in [-0.2, -0.15) is 9.29 Å². The predicted octanol–water partition coefficient (Wildman–Crippen LogP) is 4.12. The molecule has 3 aromatic rings. The standard InChI is InChI=1S/C26H30N4O4S/c1-18-5-9-20(10-6-18)24-27-25(34-28-24)23-4-3-15-30(23)26(31)21-13-16-29(17-14-21)35(32,33)22-11-7-19(2)8-12-22/h5-12,21,23H,3-4,13-17H2,1-2H3/t23-/m1/s1. The normalized spacial score (nSPS) is 19.8.